The lowest BCUT2D eigenvalue weighted by Gasteiger charge is -2.15. The van der Waals surface area contributed by atoms with E-state index >= 15 is 0 Å². The standard InChI is InChI=1S/C16H13F2N3O/c1-9(12-6-5-11(17)7-14(12)18)20-16(22)13-4-2-3-10-8-19-21-15(10)13/h2-9H,1H3,(H,19,21)(H,20,22). The van der Waals surface area contributed by atoms with Gasteiger partial charge in [0.15, 0.2) is 0 Å². The lowest BCUT2D eigenvalue weighted by atomic mass is 10.1. The number of rotatable bonds is 3. The number of halogens is 2. The second-order valence-corrected chi connectivity index (χ2v) is 5.00. The molecule has 1 amide bonds. The molecule has 0 saturated heterocycles. The van der Waals surface area contributed by atoms with Crippen LogP contribution in [0.3, 0.4) is 0 Å². The van der Waals surface area contributed by atoms with Crippen LogP contribution in [0, 0.1) is 11.6 Å². The number of H-pyrrole nitrogens is 1. The van der Waals surface area contributed by atoms with Crippen molar-refractivity contribution in [3.63, 3.8) is 0 Å². The molecule has 3 rings (SSSR count). The molecule has 1 atom stereocenters. The molecule has 6 heteroatoms. The third-order valence-corrected chi connectivity index (χ3v) is 3.50. The van der Waals surface area contributed by atoms with E-state index in [1.807, 2.05) is 6.07 Å². The normalized spacial score (nSPS) is 12.3. The summed E-state index contributed by atoms with van der Waals surface area (Å²) in [5, 5.41) is 10.2. The van der Waals surface area contributed by atoms with Crippen molar-refractivity contribution < 1.29 is 13.6 Å². The van der Waals surface area contributed by atoms with Crippen molar-refractivity contribution in [2.45, 2.75) is 13.0 Å². The van der Waals surface area contributed by atoms with E-state index < -0.39 is 17.7 Å². The number of amides is 1. The number of para-hydroxylation sites is 1. The molecule has 2 N–H and O–H groups in total. The lowest BCUT2D eigenvalue weighted by Crippen LogP contribution is -2.27. The van der Waals surface area contributed by atoms with Gasteiger partial charge in [-0.25, -0.2) is 8.78 Å². The number of hydrogen-bond acceptors (Lipinski definition) is 2. The molecule has 1 heterocycles. The third kappa shape index (κ3) is 2.55. The van der Waals surface area contributed by atoms with Crippen molar-refractivity contribution in [1.82, 2.24) is 15.5 Å². The monoisotopic (exact) mass is 301 g/mol. The fourth-order valence-corrected chi connectivity index (χ4v) is 2.36. The number of aromatic amines is 1. The maximum atomic E-state index is 13.7. The smallest absolute Gasteiger partial charge is 0.253 e. The molecule has 3 aromatic rings. The predicted octanol–water partition coefficient (Wildman–Crippen LogP) is 3.33. The molecule has 0 fully saturated rings. The van der Waals surface area contributed by atoms with Gasteiger partial charge in [-0.1, -0.05) is 18.2 Å². The molecule has 0 bridgehead atoms. The molecule has 112 valence electrons. The fraction of sp³-hybridized carbons (Fsp3) is 0.125. The molecule has 4 nitrogen and oxygen atoms in total. The Bertz CT molecular complexity index is 844. The molecule has 0 radical (unpaired) electrons. The number of fused-ring (bicyclic) bond motifs is 1. The van der Waals surface area contributed by atoms with Gasteiger partial charge in [0, 0.05) is 17.0 Å². The number of benzene rings is 2. The first-order chi connectivity index (χ1) is 10.6. The van der Waals surface area contributed by atoms with Gasteiger partial charge in [-0.2, -0.15) is 5.10 Å². The second kappa shape index (κ2) is 5.55. The van der Waals surface area contributed by atoms with E-state index in [1.165, 1.54) is 6.07 Å². The summed E-state index contributed by atoms with van der Waals surface area (Å²) in [6.45, 7) is 1.64. The molecule has 0 aliphatic rings. The van der Waals surface area contributed by atoms with Crippen molar-refractivity contribution in [1.29, 1.82) is 0 Å². The van der Waals surface area contributed by atoms with Gasteiger partial charge in [0.25, 0.3) is 5.91 Å². The Morgan fingerprint density at radius 3 is 2.86 bits per heavy atom. The maximum absolute atomic E-state index is 13.7. The quantitative estimate of drug-likeness (QED) is 0.779. The molecule has 1 unspecified atom stereocenters. The van der Waals surface area contributed by atoms with E-state index in [1.54, 1.807) is 25.3 Å². The van der Waals surface area contributed by atoms with E-state index in [0.717, 1.165) is 17.5 Å². The summed E-state index contributed by atoms with van der Waals surface area (Å²) in [6, 6.07) is 7.93. The van der Waals surface area contributed by atoms with Crippen molar-refractivity contribution in [3.05, 3.63) is 65.4 Å². The first-order valence-corrected chi connectivity index (χ1v) is 6.74. The Kier molecular flexibility index (Phi) is 3.58. The summed E-state index contributed by atoms with van der Waals surface area (Å²) in [4.78, 5) is 12.4. The van der Waals surface area contributed by atoms with E-state index in [2.05, 4.69) is 15.5 Å². The molecular weight excluding hydrogens is 288 g/mol. The van der Waals surface area contributed by atoms with Crippen LogP contribution >= 0.6 is 0 Å². The minimum Gasteiger partial charge on any atom is -0.345 e. The van der Waals surface area contributed by atoms with Crippen LogP contribution in [0.1, 0.15) is 28.9 Å². The zero-order chi connectivity index (χ0) is 15.7. The number of aromatic nitrogens is 2. The number of hydrogen-bond donors (Lipinski definition) is 2. The fourth-order valence-electron chi connectivity index (χ4n) is 2.36. The summed E-state index contributed by atoms with van der Waals surface area (Å²) in [5.74, 6) is -1.69. The van der Waals surface area contributed by atoms with E-state index in [4.69, 9.17) is 0 Å². The average Bonchev–Trinajstić information content (AvgIpc) is 2.95. The largest absolute Gasteiger partial charge is 0.345 e. The van der Waals surface area contributed by atoms with E-state index in [0.29, 0.717) is 11.1 Å². The van der Waals surface area contributed by atoms with Gasteiger partial charge in [-0.15, -0.1) is 0 Å². The summed E-state index contributed by atoms with van der Waals surface area (Å²) in [6.07, 6.45) is 1.62. The molecule has 0 aliphatic carbocycles. The first-order valence-electron chi connectivity index (χ1n) is 6.74. The molecule has 0 aliphatic heterocycles. The van der Waals surface area contributed by atoms with E-state index in [-0.39, 0.29) is 11.5 Å². The zero-order valence-electron chi connectivity index (χ0n) is 11.7. The van der Waals surface area contributed by atoms with Crippen LogP contribution in [-0.4, -0.2) is 16.1 Å². The van der Waals surface area contributed by atoms with Crippen LogP contribution < -0.4 is 5.32 Å². The SMILES string of the molecule is CC(NC(=O)c1cccc2cn[nH]c12)c1ccc(F)cc1F. The molecule has 1 aromatic heterocycles. The highest BCUT2D eigenvalue weighted by atomic mass is 19.1. The van der Waals surface area contributed by atoms with Crippen LogP contribution in [0.2, 0.25) is 0 Å². The van der Waals surface area contributed by atoms with Gasteiger partial charge >= 0.3 is 0 Å². The van der Waals surface area contributed by atoms with Crippen LogP contribution in [0.25, 0.3) is 10.9 Å². The Morgan fingerprint density at radius 1 is 1.27 bits per heavy atom. The highest BCUT2D eigenvalue weighted by Crippen LogP contribution is 2.20. The minimum absolute atomic E-state index is 0.228. The Morgan fingerprint density at radius 2 is 2.09 bits per heavy atom. The summed E-state index contributed by atoms with van der Waals surface area (Å²) in [5.41, 5.74) is 1.27. The molecule has 0 saturated carbocycles. The van der Waals surface area contributed by atoms with Crippen LogP contribution in [0.4, 0.5) is 8.78 Å². The molecular formula is C16H13F2N3O. The number of nitrogens with one attached hydrogen (secondary N) is 2. The molecule has 22 heavy (non-hydrogen) atoms. The van der Waals surface area contributed by atoms with Gasteiger partial charge in [0.1, 0.15) is 11.6 Å². The van der Waals surface area contributed by atoms with Crippen LogP contribution in [0.5, 0.6) is 0 Å². The van der Waals surface area contributed by atoms with Crippen LogP contribution in [-0.2, 0) is 0 Å². The topological polar surface area (TPSA) is 57.8 Å². The maximum Gasteiger partial charge on any atom is 0.253 e. The summed E-state index contributed by atoms with van der Waals surface area (Å²) in [7, 11) is 0. The molecule has 0 spiro atoms. The van der Waals surface area contributed by atoms with Gasteiger partial charge < -0.3 is 5.32 Å². The number of nitrogens with zero attached hydrogens (tertiary/aromatic N) is 1. The second-order valence-electron chi connectivity index (χ2n) is 5.00. The third-order valence-electron chi connectivity index (χ3n) is 3.50. The zero-order valence-corrected chi connectivity index (χ0v) is 11.7. The predicted molar refractivity (Wildman–Crippen MR) is 78.3 cm³/mol. The molecule has 2 aromatic carbocycles. The Balaban J connectivity index is 1.86. The van der Waals surface area contributed by atoms with E-state index in [9.17, 15) is 13.6 Å². The van der Waals surface area contributed by atoms with Crippen molar-refractivity contribution in [2.75, 3.05) is 0 Å². The minimum atomic E-state index is -0.687. The van der Waals surface area contributed by atoms with Gasteiger partial charge in [-0.3, -0.25) is 9.89 Å². The highest BCUT2D eigenvalue weighted by Gasteiger charge is 2.17. The van der Waals surface area contributed by atoms with Crippen molar-refractivity contribution >= 4 is 16.8 Å². The van der Waals surface area contributed by atoms with Gasteiger partial charge in [0.05, 0.1) is 23.3 Å². The number of carbonyl (C=O) groups is 1. The Labute approximate surface area is 125 Å². The van der Waals surface area contributed by atoms with Gasteiger partial charge in [-0.05, 0) is 19.1 Å². The highest BCUT2D eigenvalue weighted by molar-refractivity contribution is 6.05. The average molecular weight is 301 g/mol. The Hall–Kier alpha value is -2.76. The first kappa shape index (κ1) is 14.2. The van der Waals surface area contributed by atoms with Crippen molar-refractivity contribution in [2.24, 2.45) is 0 Å². The summed E-state index contributed by atoms with van der Waals surface area (Å²) < 4.78 is 26.7. The van der Waals surface area contributed by atoms with Crippen LogP contribution in [0.15, 0.2) is 42.6 Å². The van der Waals surface area contributed by atoms with Crippen molar-refractivity contribution in [3.8, 4) is 0 Å². The number of carbonyl (C=O) groups excluding carboxylic acids is 1. The lowest BCUT2D eigenvalue weighted by molar-refractivity contribution is 0.0941. The van der Waals surface area contributed by atoms with Gasteiger partial charge in [0.2, 0.25) is 0 Å². The summed E-state index contributed by atoms with van der Waals surface area (Å²) >= 11 is 0.